The molecule has 2 aromatic rings. The second-order valence-corrected chi connectivity index (χ2v) is 11.3. The summed E-state index contributed by atoms with van der Waals surface area (Å²) in [7, 11) is 1.33. The lowest BCUT2D eigenvalue weighted by Crippen LogP contribution is -2.54. The van der Waals surface area contributed by atoms with Crippen LogP contribution in [-0.4, -0.2) is 77.3 Å². The minimum Gasteiger partial charge on any atom is -0.467 e. The van der Waals surface area contributed by atoms with Gasteiger partial charge in [-0.1, -0.05) is 57.2 Å². The number of nitrogens with zero attached hydrogens (tertiary/aromatic N) is 2. The molecular weight excluding hydrogens is 508 g/mol. The Morgan fingerprint density at radius 1 is 1.10 bits per heavy atom. The SMILES string of the molecule is CCCC[C@H](NC(=O)Cc1c[nH]c2ccccc12)C(=O)N(CC(=O)N1CCC[C@@H]1C(=O)OC)CC1CCCCC1. The minimum absolute atomic E-state index is 0.0935. The number of aromatic nitrogens is 1. The largest absolute Gasteiger partial charge is 0.467 e. The highest BCUT2D eigenvalue weighted by Crippen LogP contribution is 2.26. The Morgan fingerprint density at radius 2 is 1.88 bits per heavy atom. The molecule has 2 heterocycles. The number of H-pyrrole nitrogens is 1. The van der Waals surface area contributed by atoms with Crippen LogP contribution in [0.25, 0.3) is 10.9 Å². The van der Waals surface area contributed by atoms with E-state index in [0.717, 1.165) is 61.4 Å². The highest BCUT2D eigenvalue weighted by atomic mass is 16.5. The molecule has 0 bridgehead atoms. The first kappa shape index (κ1) is 29.6. The number of carbonyl (C=O) groups is 4. The van der Waals surface area contributed by atoms with Crippen molar-refractivity contribution in [2.75, 3.05) is 26.7 Å². The Bertz CT molecular complexity index is 1170. The number of para-hydroxylation sites is 1. The second-order valence-electron chi connectivity index (χ2n) is 11.3. The van der Waals surface area contributed by atoms with Gasteiger partial charge in [0.25, 0.3) is 0 Å². The van der Waals surface area contributed by atoms with Crippen LogP contribution in [-0.2, 0) is 30.3 Å². The predicted octanol–water partition coefficient (Wildman–Crippen LogP) is 3.96. The van der Waals surface area contributed by atoms with Gasteiger partial charge in [-0.2, -0.15) is 0 Å². The first-order chi connectivity index (χ1) is 19.4. The third-order valence-corrected chi connectivity index (χ3v) is 8.39. The maximum atomic E-state index is 14.0. The molecule has 0 spiro atoms. The summed E-state index contributed by atoms with van der Waals surface area (Å²) in [5.41, 5.74) is 1.85. The quantitative estimate of drug-likeness (QED) is 0.387. The number of unbranched alkanes of at least 4 members (excludes halogenated alkanes) is 1. The number of ether oxygens (including phenoxy) is 1. The maximum Gasteiger partial charge on any atom is 0.328 e. The summed E-state index contributed by atoms with van der Waals surface area (Å²) in [5.74, 6) is -0.756. The van der Waals surface area contributed by atoms with Crippen LogP contribution >= 0.6 is 0 Å². The molecule has 40 heavy (non-hydrogen) atoms. The highest BCUT2D eigenvalue weighted by Gasteiger charge is 2.37. The Kier molecular flexibility index (Phi) is 10.6. The molecule has 0 unspecified atom stereocenters. The van der Waals surface area contributed by atoms with Gasteiger partial charge in [-0.25, -0.2) is 4.79 Å². The normalized spacial score (nSPS) is 18.4. The number of likely N-dealkylation sites (tertiary alicyclic amines) is 1. The molecule has 2 atom stereocenters. The first-order valence-corrected chi connectivity index (χ1v) is 14.9. The van der Waals surface area contributed by atoms with E-state index in [2.05, 4.69) is 17.2 Å². The third-order valence-electron chi connectivity index (χ3n) is 8.39. The van der Waals surface area contributed by atoms with Crippen LogP contribution in [0.2, 0.25) is 0 Å². The van der Waals surface area contributed by atoms with Crippen molar-refractivity contribution < 1.29 is 23.9 Å². The molecule has 1 aromatic heterocycles. The molecular formula is C31H44N4O5. The number of aromatic amines is 1. The van der Waals surface area contributed by atoms with E-state index in [1.54, 1.807) is 9.80 Å². The number of fused-ring (bicyclic) bond motifs is 1. The van der Waals surface area contributed by atoms with E-state index < -0.39 is 18.1 Å². The molecule has 1 aliphatic heterocycles. The van der Waals surface area contributed by atoms with Gasteiger partial charge < -0.3 is 24.8 Å². The predicted molar refractivity (Wildman–Crippen MR) is 153 cm³/mol. The number of methoxy groups -OCH3 is 1. The molecule has 9 nitrogen and oxygen atoms in total. The fraction of sp³-hybridized carbons (Fsp3) is 0.613. The Balaban J connectivity index is 1.49. The number of hydrogen-bond donors (Lipinski definition) is 2. The summed E-state index contributed by atoms with van der Waals surface area (Å²) < 4.78 is 4.92. The molecule has 1 saturated heterocycles. The lowest BCUT2D eigenvalue weighted by molar-refractivity contribution is -0.152. The summed E-state index contributed by atoms with van der Waals surface area (Å²) in [4.78, 5) is 59.4. The van der Waals surface area contributed by atoms with E-state index in [1.165, 1.54) is 13.5 Å². The van der Waals surface area contributed by atoms with Gasteiger partial charge in [-0.05, 0) is 49.7 Å². The molecule has 4 rings (SSSR count). The number of carbonyl (C=O) groups excluding carboxylic acids is 4. The average Bonchev–Trinajstić information content (AvgIpc) is 3.62. The summed E-state index contributed by atoms with van der Waals surface area (Å²) in [6.45, 7) is 2.93. The fourth-order valence-electron chi connectivity index (χ4n) is 6.20. The van der Waals surface area contributed by atoms with Crippen LogP contribution < -0.4 is 5.32 Å². The van der Waals surface area contributed by atoms with Gasteiger partial charge in [0.15, 0.2) is 0 Å². The summed E-state index contributed by atoms with van der Waals surface area (Å²) in [5, 5.41) is 4.00. The van der Waals surface area contributed by atoms with Crippen molar-refractivity contribution in [3.63, 3.8) is 0 Å². The Hall–Kier alpha value is -3.36. The topological polar surface area (TPSA) is 112 Å². The smallest absolute Gasteiger partial charge is 0.328 e. The van der Waals surface area contributed by atoms with Crippen LogP contribution in [0.1, 0.15) is 76.7 Å². The van der Waals surface area contributed by atoms with Crippen LogP contribution in [0.5, 0.6) is 0 Å². The first-order valence-electron chi connectivity index (χ1n) is 14.9. The molecule has 218 valence electrons. The Morgan fingerprint density at radius 3 is 2.62 bits per heavy atom. The van der Waals surface area contributed by atoms with Crippen molar-refractivity contribution in [3.05, 3.63) is 36.0 Å². The van der Waals surface area contributed by atoms with Gasteiger partial charge >= 0.3 is 5.97 Å². The third kappa shape index (κ3) is 7.43. The number of hydrogen-bond acceptors (Lipinski definition) is 5. The number of benzene rings is 1. The van der Waals surface area contributed by atoms with Gasteiger partial charge in [-0.15, -0.1) is 0 Å². The van der Waals surface area contributed by atoms with E-state index in [0.29, 0.717) is 31.8 Å². The van der Waals surface area contributed by atoms with Crippen LogP contribution in [0.15, 0.2) is 30.5 Å². The maximum absolute atomic E-state index is 14.0. The van der Waals surface area contributed by atoms with Gasteiger partial charge in [0, 0.05) is 30.2 Å². The Labute approximate surface area is 237 Å². The van der Waals surface area contributed by atoms with Crippen molar-refractivity contribution in [3.8, 4) is 0 Å². The molecule has 0 radical (unpaired) electrons. The van der Waals surface area contributed by atoms with Gasteiger partial charge in [0.05, 0.1) is 20.1 Å². The number of nitrogens with one attached hydrogen (secondary N) is 2. The summed E-state index contributed by atoms with van der Waals surface area (Å²) >= 11 is 0. The van der Waals surface area contributed by atoms with E-state index in [9.17, 15) is 19.2 Å². The molecule has 9 heteroatoms. The number of esters is 1. The van der Waals surface area contributed by atoms with Gasteiger partial charge in [0.2, 0.25) is 17.7 Å². The van der Waals surface area contributed by atoms with Crippen LogP contribution in [0, 0.1) is 5.92 Å². The number of amides is 3. The molecule has 2 aliphatic rings. The standard InChI is InChI=1S/C31H44N4O5/c1-3-4-14-26(33-28(36)18-23-19-32-25-15-9-8-13-24(23)25)30(38)34(20-22-11-6-5-7-12-22)21-29(37)35-17-10-16-27(35)31(39)40-2/h8-9,13,15,19,22,26-27,32H,3-7,10-12,14,16-18,20-21H2,1-2H3,(H,33,36)/t26-,27+/m0/s1. The zero-order valence-electron chi connectivity index (χ0n) is 24.0. The van der Waals surface area contributed by atoms with Crippen molar-refractivity contribution in [2.45, 2.75) is 89.6 Å². The van der Waals surface area contributed by atoms with E-state index in [-0.39, 0.29) is 30.7 Å². The van der Waals surface area contributed by atoms with Gasteiger partial charge in [-0.3, -0.25) is 14.4 Å². The average molecular weight is 553 g/mol. The summed E-state index contributed by atoms with van der Waals surface area (Å²) in [6, 6.07) is 6.53. The van der Waals surface area contributed by atoms with E-state index in [1.807, 2.05) is 30.5 Å². The monoisotopic (exact) mass is 552 g/mol. The fourth-order valence-corrected chi connectivity index (χ4v) is 6.20. The molecule has 1 saturated carbocycles. The van der Waals surface area contributed by atoms with Crippen molar-refractivity contribution >= 4 is 34.6 Å². The zero-order chi connectivity index (χ0) is 28.5. The van der Waals surface area contributed by atoms with Gasteiger partial charge in [0.1, 0.15) is 12.1 Å². The van der Waals surface area contributed by atoms with Crippen LogP contribution in [0.4, 0.5) is 0 Å². The zero-order valence-corrected chi connectivity index (χ0v) is 24.0. The molecule has 2 fully saturated rings. The van der Waals surface area contributed by atoms with E-state index in [4.69, 9.17) is 4.74 Å². The lowest BCUT2D eigenvalue weighted by atomic mass is 9.88. The van der Waals surface area contributed by atoms with Crippen molar-refractivity contribution in [1.29, 1.82) is 0 Å². The number of rotatable bonds is 12. The molecule has 1 aliphatic carbocycles. The lowest BCUT2D eigenvalue weighted by Gasteiger charge is -2.34. The van der Waals surface area contributed by atoms with Crippen LogP contribution in [0.3, 0.4) is 0 Å². The van der Waals surface area contributed by atoms with E-state index >= 15 is 0 Å². The van der Waals surface area contributed by atoms with Crippen molar-refractivity contribution in [1.82, 2.24) is 20.1 Å². The summed E-state index contributed by atoms with van der Waals surface area (Å²) in [6.07, 6.45) is 11.0. The molecule has 3 amide bonds. The highest BCUT2D eigenvalue weighted by molar-refractivity contribution is 5.94. The minimum atomic E-state index is -0.705. The molecule has 1 aromatic carbocycles. The second kappa shape index (κ2) is 14.3. The van der Waals surface area contributed by atoms with Crippen molar-refractivity contribution in [2.24, 2.45) is 5.92 Å². The molecule has 2 N–H and O–H groups in total.